The number of amides is 1. The van der Waals surface area contributed by atoms with Crippen LogP contribution in [0.25, 0.3) is 0 Å². The number of aromatic nitrogens is 1. The van der Waals surface area contributed by atoms with E-state index in [4.69, 9.17) is 11.6 Å². The summed E-state index contributed by atoms with van der Waals surface area (Å²) in [6, 6.07) is 8.31. The molecule has 0 radical (unpaired) electrons. The average molecular weight is 405 g/mol. The van der Waals surface area contributed by atoms with Crippen molar-refractivity contribution in [2.24, 2.45) is 0 Å². The third kappa shape index (κ3) is 4.55. The highest BCUT2D eigenvalue weighted by Crippen LogP contribution is 2.25. The quantitative estimate of drug-likeness (QED) is 0.830. The molecule has 1 N–H and O–H groups in total. The Kier molecular flexibility index (Phi) is 5.83. The Labute approximate surface area is 169 Å². The molecular weight excluding hydrogens is 380 g/mol. The van der Waals surface area contributed by atoms with Crippen LogP contribution in [-0.2, 0) is 0 Å². The molecule has 1 aromatic heterocycles. The van der Waals surface area contributed by atoms with Crippen LogP contribution < -0.4 is 15.1 Å². The summed E-state index contributed by atoms with van der Waals surface area (Å²) in [5.74, 6) is -0.0260. The monoisotopic (exact) mass is 404 g/mol. The van der Waals surface area contributed by atoms with E-state index in [-0.39, 0.29) is 5.91 Å². The third-order valence-electron chi connectivity index (χ3n) is 5.39. The van der Waals surface area contributed by atoms with Gasteiger partial charge in [-0.2, -0.15) is 0 Å². The maximum atomic E-state index is 12.5. The summed E-state index contributed by atoms with van der Waals surface area (Å²) in [7, 11) is 0. The van der Waals surface area contributed by atoms with Crippen molar-refractivity contribution in [1.29, 1.82) is 0 Å². The van der Waals surface area contributed by atoms with Gasteiger partial charge in [-0.25, -0.2) is 4.98 Å². The molecule has 0 spiro atoms. The minimum Gasteiger partial charge on any atom is -0.368 e. The first kappa shape index (κ1) is 18.6. The Morgan fingerprint density at radius 2 is 1.85 bits per heavy atom. The minimum atomic E-state index is -0.0260. The number of rotatable bonds is 4. The largest absolute Gasteiger partial charge is 0.368 e. The minimum absolute atomic E-state index is 0.0260. The van der Waals surface area contributed by atoms with Gasteiger partial charge in [-0.05, 0) is 31.0 Å². The van der Waals surface area contributed by atoms with Crippen LogP contribution in [0.15, 0.2) is 29.6 Å². The molecule has 144 valence electrons. The van der Waals surface area contributed by atoms with Crippen LogP contribution in [0.5, 0.6) is 0 Å². The normalized spacial score (nSPS) is 18.6. The number of thiazole rings is 1. The summed E-state index contributed by atoms with van der Waals surface area (Å²) in [5.41, 5.74) is 1.71. The van der Waals surface area contributed by atoms with E-state index < -0.39 is 0 Å². The van der Waals surface area contributed by atoms with E-state index in [0.29, 0.717) is 11.7 Å². The van der Waals surface area contributed by atoms with E-state index in [9.17, 15) is 4.79 Å². The number of hydrogen-bond donors (Lipinski definition) is 1. The molecule has 5 nitrogen and oxygen atoms in total. The second-order valence-electron chi connectivity index (χ2n) is 7.28. The zero-order valence-corrected chi connectivity index (χ0v) is 16.9. The molecule has 27 heavy (non-hydrogen) atoms. The van der Waals surface area contributed by atoms with Crippen molar-refractivity contribution in [3.8, 4) is 0 Å². The van der Waals surface area contributed by atoms with E-state index in [1.165, 1.54) is 19.3 Å². The van der Waals surface area contributed by atoms with Gasteiger partial charge < -0.3 is 15.1 Å². The number of carbonyl (C=O) groups is 1. The van der Waals surface area contributed by atoms with E-state index >= 15 is 0 Å². The van der Waals surface area contributed by atoms with Gasteiger partial charge in [-0.3, -0.25) is 4.79 Å². The zero-order chi connectivity index (χ0) is 18.6. The fourth-order valence-electron chi connectivity index (χ4n) is 3.85. The van der Waals surface area contributed by atoms with Crippen LogP contribution in [0, 0.1) is 0 Å². The van der Waals surface area contributed by atoms with Gasteiger partial charge in [0.25, 0.3) is 5.91 Å². The van der Waals surface area contributed by atoms with E-state index in [1.807, 2.05) is 23.6 Å². The standard InChI is InChI=1S/C20H25ClN4OS/c21-15-5-4-8-17(13-15)24-9-11-25(12-10-24)20-23-18(14-27-20)19(26)22-16-6-2-1-3-7-16/h4-5,8,13-14,16H,1-3,6-7,9-12H2,(H,22,26). The molecule has 1 amide bonds. The van der Waals surface area contributed by atoms with E-state index in [0.717, 1.165) is 54.9 Å². The highest BCUT2D eigenvalue weighted by molar-refractivity contribution is 7.13. The van der Waals surface area contributed by atoms with Crippen molar-refractivity contribution in [2.45, 2.75) is 38.1 Å². The lowest BCUT2D eigenvalue weighted by molar-refractivity contribution is 0.0923. The number of anilines is 2. The molecule has 2 heterocycles. The molecule has 1 aliphatic heterocycles. The van der Waals surface area contributed by atoms with Gasteiger partial charge in [0.15, 0.2) is 5.13 Å². The molecule has 0 bridgehead atoms. The van der Waals surface area contributed by atoms with Crippen molar-refractivity contribution in [3.05, 3.63) is 40.4 Å². The lowest BCUT2D eigenvalue weighted by atomic mass is 9.95. The average Bonchev–Trinajstić information content (AvgIpc) is 3.19. The van der Waals surface area contributed by atoms with Crippen molar-refractivity contribution in [1.82, 2.24) is 10.3 Å². The molecule has 4 rings (SSSR count). The number of halogens is 1. The molecule has 1 saturated carbocycles. The molecular formula is C20H25ClN4OS. The molecule has 1 aromatic carbocycles. The van der Waals surface area contributed by atoms with Crippen molar-refractivity contribution in [2.75, 3.05) is 36.0 Å². The molecule has 1 saturated heterocycles. The third-order valence-corrected chi connectivity index (χ3v) is 6.53. The number of piperazine rings is 1. The van der Waals surface area contributed by atoms with Gasteiger partial charge in [-0.15, -0.1) is 11.3 Å². The number of nitrogens with zero attached hydrogens (tertiary/aromatic N) is 3. The molecule has 2 aromatic rings. The lowest BCUT2D eigenvalue weighted by Gasteiger charge is -2.36. The van der Waals surface area contributed by atoms with Crippen LogP contribution in [0.3, 0.4) is 0 Å². The fourth-order valence-corrected chi connectivity index (χ4v) is 4.89. The molecule has 1 aliphatic carbocycles. The maximum absolute atomic E-state index is 12.5. The second kappa shape index (κ2) is 8.48. The van der Waals surface area contributed by atoms with Crippen LogP contribution in [0.4, 0.5) is 10.8 Å². The van der Waals surface area contributed by atoms with Crippen molar-refractivity contribution in [3.63, 3.8) is 0 Å². The smallest absolute Gasteiger partial charge is 0.271 e. The first-order chi connectivity index (χ1) is 13.2. The lowest BCUT2D eigenvalue weighted by Crippen LogP contribution is -2.46. The predicted molar refractivity (Wildman–Crippen MR) is 112 cm³/mol. The topological polar surface area (TPSA) is 48.5 Å². The summed E-state index contributed by atoms with van der Waals surface area (Å²) >= 11 is 7.67. The number of benzene rings is 1. The van der Waals surface area contributed by atoms with Gasteiger partial charge in [0.05, 0.1) is 0 Å². The highest BCUT2D eigenvalue weighted by Gasteiger charge is 2.22. The van der Waals surface area contributed by atoms with Crippen LogP contribution in [0.2, 0.25) is 5.02 Å². The molecule has 0 atom stereocenters. The number of carbonyl (C=O) groups excluding carboxylic acids is 1. The Hall–Kier alpha value is -1.79. The molecule has 2 aliphatic rings. The highest BCUT2D eigenvalue weighted by atomic mass is 35.5. The Morgan fingerprint density at radius 1 is 1.11 bits per heavy atom. The molecule has 0 unspecified atom stereocenters. The van der Waals surface area contributed by atoms with Crippen LogP contribution in [-0.4, -0.2) is 43.1 Å². The van der Waals surface area contributed by atoms with E-state index in [1.54, 1.807) is 11.3 Å². The maximum Gasteiger partial charge on any atom is 0.271 e. The van der Waals surface area contributed by atoms with Gasteiger partial charge in [-0.1, -0.05) is 36.9 Å². The van der Waals surface area contributed by atoms with Crippen molar-refractivity contribution < 1.29 is 4.79 Å². The summed E-state index contributed by atoms with van der Waals surface area (Å²) in [6.45, 7) is 3.63. The van der Waals surface area contributed by atoms with Crippen molar-refractivity contribution >= 4 is 39.7 Å². The fraction of sp³-hybridized carbons (Fsp3) is 0.500. The number of nitrogens with one attached hydrogen (secondary N) is 1. The SMILES string of the molecule is O=C(NC1CCCCC1)c1csc(N2CCN(c3cccc(Cl)c3)CC2)n1. The molecule has 2 fully saturated rings. The summed E-state index contributed by atoms with van der Waals surface area (Å²) in [4.78, 5) is 21.7. The second-order valence-corrected chi connectivity index (χ2v) is 8.55. The van der Waals surface area contributed by atoms with E-state index in [2.05, 4.69) is 26.2 Å². The first-order valence-corrected chi connectivity index (χ1v) is 11.0. The molecule has 7 heteroatoms. The first-order valence-electron chi connectivity index (χ1n) is 9.71. The zero-order valence-electron chi connectivity index (χ0n) is 15.4. The van der Waals surface area contributed by atoms with Crippen LogP contribution >= 0.6 is 22.9 Å². The summed E-state index contributed by atoms with van der Waals surface area (Å²) in [6.07, 6.45) is 5.89. The van der Waals surface area contributed by atoms with Gasteiger partial charge in [0.1, 0.15) is 5.69 Å². The van der Waals surface area contributed by atoms with Gasteiger partial charge >= 0.3 is 0 Å². The number of hydrogen-bond acceptors (Lipinski definition) is 5. The van der Waals surface area contributed by atoms with Gasteiger partial charge in [0.2, 0.25) is 0 Å². The van der Waals surface area contributed by atoms with Gasteiger partial charge in [0, 0.05) is 48.3 Å². The summed E-state index contributed by atoms with van der Waals surface area (Å²) in [5, 5.41) is 6.74. The summed E-state index contributed by atoms with van der Waals surface area (Å²) < 4.78 is 0. The van der Waals surface area contributed by atoms with Crippen LogP contribution in [0.1, 0.15) is 42.6 Å². The Bertz CT molecular complexity index is 782. The predicted octanol–water partition coefficient (Wildman–Crippen LogP) is 4.19. The Morgan fingerprint density at radius 3 is 2.59 bits per heavy atom. The Balaban J connectivity index is 1.33.